The maximum absolute atomic E-state index is 13.1. The van der Waals surface area contributed by atoms with Crippen molar-refractivity contribution >= 4 is 27.5 Å². The summed E-state index contributed by atoms with van der Waals surface area (Å²) >= 11 is 1.54. The van der Waals surface area contributed by atoms with Crippen molar-refractivity contribution in [3.63, 3.8) is 0 Å². The van der Waals surface area contributed by atoms with E-state index in [2.05, 4.69) is 10.00 Å². The zero-order chi connectivity index (χ0) is 19.8. The summed E-state index contributed by atoms with van der Waals surface area (Å²) in [4.78, 5) is 19.4. The van der Waals surface area contributed by atoms with Crippen LogP contribution in [0.15, 0.2) is 36.4 Å². The molecule has 0 saturated carbocycles. The molecule has 7 heteroatoms. The number of carbonyl (C=O) groups excluding carboxylic acids is 1. The Balaban J connectivity index is 1.30. The lowest BCUT2D eigenvalue weighted by Gasteiger charge is -2.35. The fraction of sp³-hybridized carbons (Fsp3) is 0.455. The third-order valence-corrected chi connectivity index (χ3v) is 7.00. The number of hydrogen-bond acceptors (Lipinski definition) is 5. The summed E-state index contributed by atoms with van der Waals surface area (Å²) < 4.78 is 7.70. The first kappa shape index (κ1) is 18.8. The molecule has 6 nitrogen and oxygen atoms in total. The molecule has 1 aromatic carbocycles. The Morgan fingerprint density at radius 2 is 2.00 bits per heavy atom. The molecule has 5 rings (SSSR count). The maximum Gasteiger partial charge on any atom is 0.264 e. The average Bonchev–Trinajstić information content (AvgIpc) is 3.48. The molecule has 152 valence electrons. The lowest BCUT2D eigenvalue weighted by atomic mass is 10.2. The normalized spacial score (nSPS) is 20.6. The zero-order valence-corrected chi connectivity index (χ0v) is 17.5. The Bertz CT molecular complexity index is 999. The number of aromatic nitrogens is 2. The molecule has 2 fully saturated rings. The largest absolute Gasteiger partial charge is 0.377 e. The number of ether oxygens (including phenoxy) is 1. The first-order chi connectivity index (χ1) is 14.2. The Morgan fingerprint density at radius 3 is 2.72 bits per heavy atom. The highest BCUT2D eigenvalue weighted by Gasteiger charge is 2.27. The Hall–Kier alpha value is -2.22. The van der Waals surface area contributed by atoms with Crippen molar-refractivity contribution in [1.29, 1.82) is 0 Å². The van der Waals surface area contributed by atoms with Crippen LogP contribution in [0.4, 0.5) is 0 Å². The summed E-state index contributed by atoms with van der Waals surface area (Å²) in [7, 11) is 0. The van der Waals surface area contributed by atoms with E-state index in [1.807, 2.05) is 52.9 Å². The molecule has 0 aliphatic carbocycles. The second kappa shape index (κ2) is 7.89. The van der Waals surface area contributed by atoms with Crippen molar-refractivity contribution in [2.75, 3.05) is 39.3 Å². The van der Waals surface area contributed by atoms with Gasteiger partial charge in [0.15, 0.2) is 0 Å². The summed E-state index contributed by atoms with van der Waals surface area (Å²) in [6, 6.07) is 12.1. The molecule has 4 heterocycles. The van der Waals surface area contributed by atoms with Crippen LogP contribution in [0, 0.1) is 6.92 Å². The second-order valence-electron chi connectivity index (χ2n) is 7.89. The number of thiophene rings is 1. The topological polar surface area (TPSA) is 50.6 Å². The van der Waals surface area contributed by atoms with Gasteiger partial charge in [0.1, 0.15) is 4.83 Å². The van der Waals surface area contributed by atoms with Crippen molar-refractivity contribution in [2.45, 2.75) is 25.9 Å². The molecule has 1 amide bonds. The van der Waals surface area contributed by atoms with Gasteiger partial charge in [-0.25, -0.2) is 4.68 Å². The van der Waals surface area contributed by atoms with Crippen LogP contribution in [-0.4, -0.2) is 70.9 Å². The van der Waals surface area contributed by atoms with E-state index < -0.39 is 0 Å². The van der Waals surface area contributed by atoms with Gasteiger partial charge in [0.25, 0.3) is 5.91 Å². The van der Waals surface area contributed by atoms with Gasteiger partial charge in [0.2, 0.25) is 0 Å². The van der Waals surface area contributed by atoms with Crippen LogP contribution in [0.3, 0.4) is 0 Å². The van der Waals surface area contributed by atoms with Crippen LogP contribution in [0.2, 0.25) is 0 Å². The van der Waals surface area contributed by atoms with E-state index >= 15 is 0 Å². The number of hydrogen-bond donors (Lipinski definition) is 0. The van der Waals surface area contributed by atoms with Gasteiger partial charge in [-0.1, -0.05) is 18.2 Å². The minimum absolute atomic E-state index is 0.141. The number of carbonyl (C=O) groups is 1. The summed E-state index contributed by atoms with van der Waals surface area (Å²) in [6.07, 6.45) is 2.72. The number of piperazine rings is 1. The number of benzene rings is 1. The van der Waals surface area contributed by atoms with Crippen molar-refractivity contribution in [1.82, 2.24) is 19.6 Å². The van der Waals surface area contributed by atoms with E-state index in [4.69, 9.17) is 4.74 Å². The maximum atomic E-state index is 13.1. The summed E-state index contributed by atoms with van der Waals surface area (Å²) in [6.45, 7) is 7.31. The van der Waals surface area contributed by atoms with Gasteiger partial charge in [0.05, 0.1) is 22.4 Å². The lowest BCUT2D eigenvalue weighted by molar-refractivity contribution is 0.0435. The smallest absolute Gasteiger partial charge is 0.264 e. The SMILES string of the molecule is Cc1nn(-c2ccccc2)c2sc(C(=O)N3CCN(CC4CCCO4)CC3)cc12. The third kappa shape index (κ3) is 3.70. The summed E-state index contributed by atoms with van der Waals surface area (Å²) in [5, 5.41) is 5.74. The highest BCUT2D eigenvalue weighted by Crippen LogP contribution is 2.31. The van der Waals surface area contributed by atoms with Crippen molar-refractivity contribution < 1.29 is 9.53 Å². The molecule has 2 aliphatic heterocycles. The molecule has 2 aromatic heterocycles. The van der Waals surface area contributed by atoms with E-state index in [1.54, 1.807) is 11.3 Å². The molecule has 0 N–H and O–H groups in total. The molecule has 0 bridgehead atoms. The molecule has 2 aliphatic rings. The number of fused-ring (bicyclic) bond motifs is 1. The van der Waals surface area contributed by atoms with Crippen LogP contribution in [0.25, 0.3) is 15.9 Å². The Morgan fingerprint density at radius 1 is 1.21 bits per heavy atom. The highest BCUT2D eigenvalue weighted by atomic mass is 32.1. The van der Waals surface area contributed by atoms with Crippen LogP contribution in [-0.2, 0) is 4.74 Å². The number of nitrogens with zero attached hydrogens (tertiary/aromatic N) is 4. The van der Waals surface area contributed by atoms with E-state index in [9.17, 15) is 4.79 Å². The van der Waals surface area contributed by atoms with Gasteiger partial charge >= 0.3 is 0 Å². The van der Waals surface area contributed by atoms with Gasteiger partial charge < -0.3 is 9.64 Å². The van der Waals surface area contributed by atoms with Crippen LogP contribution >= 0.6 is 11.3 Å². The average molecular weight is 411 g/mol. The molecule has 0 radical (unpaired) electrons. The van der Waals surface area contributed by atoms with E-state index in [0.717, 1.165) is 65.8 Å². The molecular weight excluding hydrogens is 384 g/mol. The second-order valence-corrected chi connectivity index (χ2v) is 8.92. The molecule has 0 spiro atoms. The van der Waals surface area contributed by atoms with Crippen molar-refractivity contribution in [2.24, 2.45) is 0 Å². The van der Waals surface area contributed by atoms with E-state index in [-0.39, 0.29) is 5.91 Å². The first-order valence-electron chi connectivity index (χ1n) is 10.4. The quantitative estimate of drug-likeness (QED) is 0.662. The lowest BCUT2D eigenvalue weighted by Crippen LogP contribution is -2.50. The number of aryl methyl sites for hydroxylation is 1. The van der Waals surface area contributed by atoms with E-state index in [0.29, 0.717) is 6.10 Å². The number of rotatable bonds is 4. The minimum Gasteiger partial charge on any atom is -0.377 e. The highest BCUT2D eigenvalue weighted by molar-refractivity contribution is 7.20. The molecule has 29 heavy (non-hydrogen) atoms. The monoisotopic (exact) mass is 410 g/mol. The first-order valence-corrected chi connectivity index (χ1v) is 11.2. The van der Waals surface area contributed by atoms with Gasteiger partial charge in [-0.15, -0.1) is 11.3 Å². The predicted octanol–water partition coefficient (Wildman–Crippen LogP) is 3.33. The van der Waals surface area contributed by atoms with Gasteiger partial charge in [0, 0.05) is 44.7 Å². The fourth-order valence-electron chi connectivity index (χ4n) is 4.26. The molecule has 1 atom stereocenters. The zero-order valence-electron chi connectivity index (χ0n) is 16.7. The molecular formula is C22H26N4O2S. The number of amides is 1. The van der Waals surface area contributed by atoms with E-state index in [1.165, 1.54) is 12.8 Å². The Kier molecular flexibility index (Phi) is 5.11. The Labute approximate surface area is 174 Å². The van der Waals surface area contributed by atoms with Crippen molar-refractivity contribution in [3.05, 3.63) is 47.0 Å². The standard InChI is InChI=1S/C22H26N4O2S/c1-16-19-14-20(29-22(19)26(23-16)17-6-3-2-4-7-17)21(27)25-11-9-24(10-12-25)15-18-8-5-13-28-18/h2-4,6-7,14,18H,5,8-13,15H2,1H3. The number of para-hydroxylation sites is 1. The van der Waals surface area contributed by atoms with Gasteiger partial charge in [-0.05, 0) is 38.0 Å². The van der Waals surface area contributed by atoms with Gasteiger partial charge in [-0.2, -0.15) is 5.10 Å². The molecule has 1 unspecified atom stereocenters. The summed E-state index contributed by atoms with van der Waals surface area (Å²) in [5.41, 5.74) is 1.98. The molecule has 3 aromatic rings. The molecule has 2 saturated heterocycles. The van der Waals surface area contributed by atoms with Crippen LogP contribution < -0.4 is 0 Å². The van der Waals surface area contributed by atoms with Crippen molar-refractivity contribution in [3.8, 4) is 5.69 Å². The minimum atomic E-state index is 0.141. The van der Waals surface area contributed by atoms with Crippen LogP contribution in [0.1, 0.15) is 28.2 Å². The summed E-state index contributed by atoms with van der Waals surface area (Å²) in [5.74, 6) is 0.141. The fourth-order valence-corrected chi connectivity index (χ4v) is 5.41. The predicted molar refractivity (Wildman–Crippen MR) is 115 cm³/mol. The third-order valence-electron chi connectivity index (χ3n) is 5.90. The van der Waals surface area contributed by atoms with Crippen LogP contribution in [0.5, 0.6) is 0 Å². The van der Waals surface area contributed by atoms with Gasteiger partial charge in [-0.3, -0.25) is 9.69 Å².